The zero-order valence-electron chi connectivity index (χ0n) is 9.92. The minimum Gasteiger partial charge on any atom is -0.380 e. The summed E-state index contributed by atoms with van der Waals surface area (Å²) in [7, 11) is 0. The zero-order chi connectivity index (χ0) is 14.2. The van der Waals surface area contributed by atoms with Crippen molar-refractivity contribution in [1.82, 2.24) is 0 Å². The number of hydrogen-bond donors (Lipinski definition) is 1. The fraction of sp³-hybridized carbons (Fsp3) is 0.143. The van der Waals surface area contributed by atoms with Gasteiger partial charge in [-0.1, -0.05) is 12.1 Å². The first-order valence-electron chi connectivity index (χ1n) is 5.46. The number of hydrogen-bond acceptors (Lipinski definition) is 1. The third-order valence-corrected chi connectivity index (χ3v) is 3.53. The number of halogens is 4. The third kappa shape index (κ3) is 2.53. The van der Waals surface area contributed by atoms with Gasteiger partial charge < -0.3 is 5.11 Å². The van der Waals surface area contributed by atoms with E-state index >= 15 is 0 Å². The Kier molecular flexibility index (Phi) is 3.69. The summed E-state index contributed by atoms with van der Waals surface area (Å²) in [4.78, 5) is 0. The molecule has 0 saturated heterocycles. The molecule has 19 heavy (non-hydrogen) atoms. The number of rotatable bonds is 2. The molecule has 0 bridgehead atoms. The molecular weight excluding hydrogens is 321 g/mol. The largest absolute Gasteiger partial charge is 0.380 e. The van der Waals surface area contributed by atoms with Gasteiger partial charge in [0, 0.05) is 0 Å². The van der Waals surface area contributed by atoms with E-state index in [4.69, 9.17) is 0 Å². The lowest BCUT2D eigenvalue weighted by Gasteiger charge is -2.25. The first-order chi connectivity index (χ1) is 8.84. The van der Waals surface area contributed by atoms with Gasteiger partial charge in [0.25, 0.3) is 0 Å². The van der Waals surface area contributed by atoms with Crippen LogP contribution in [0.5, 0.6) is 0 Å². The molecule has 1 unspecified atom stereocenters. The molecule has 0 amide bonds. The van der Waals surface area contributed by atoms with Crippen molar-refractivity contribution < 1.29 is 18.3 Å². The van der Waals surface area contributed by atoms with Crippen LogP contribution in [0, 0.1) is 17.5 Å². The van der Waals surface area contributed by atoms with Gasteiger partial charge in [0.2, 0.25) is 0 Å². The summed E-state index contributed by atoms with van der Waals surface area (Å²) >= 11 is 2.93. The van der Waals surface area contributed by atoms with Crippen LogP contribution in [0.4, 0.5) is 13.2 Å². The molecule has 0 aliphatic rings. The standard InChI is InChI=1S/C14H10BrF3O/c1-14(19,8-3-2-4-9(16)7-8)12-11(17)6-5-10(15)13(12)18/h2-7,19H,1H3. The Bertz CT molecular complexity index is 626. The maximum atomic E-state index is 14.0. The van der Waals surface area contributed by atoms with Crippen molar-refractivity contribution in [2.24, 2.45) is 0 Å². The molecule has 0 heterocycles. The lowest BCUT2D eigenvalue weighted by molar-refractivity contribution is 0.0928. The molecule has 2 aromatic carbocycles. The fourth-order valence-corrected chi connectivity index (χ4v) is 2.24. The first kappa shape index (κ1) is 14.1. The van der Waals surface area contributed by atoms with Crippen LogP contribution in [-0.2, 0) is 5.60 Å². The van der Waals surface area contributed by atoms with Gasteiger partial charge in [0.1, 0.15) is 23.1 Å². The van der Waals surface area contributed by atoms with Crippen LogP contribution < -0.4 is 0 Å². The first-order valence-corrected chi connectivity index (χ1v) is 6.25. The average Bonchev–Trinajstić information content (AvgIpc) is 2.34. The van der Waals surface area contributed by atoms with E-state index in [9.17, 15) is 18.3 Å². The third-order valence-electron chi connectivity index (χ3n) is 2.92. The normalized spacial score (nSPS) is 14.2. The van der Waals surface area contributed by atoms with E-state index in [1.165, 1.54) is 31.2 Å². The van der Waals surface area contributed by atoms with Crippen LogP contribution in [0.2, 0.25) is 0 Å². The predicted molar refractivity (Wildman–Crippen MR) is 69.1 cm³/mol. The van der Waals surface area contributed by atoms with Crippen LogP contribution >= 0.6 is 15.9 Å². The highest BCUT2D eigenvalue weighted by atomic mass is 79.9. The topological polar surface area (TPSA) is 20.2 Å². The highest BCUT2D eigenvalue weighted by Gasteiger charge is 2.33. The number of benzene rings is 2. The van der Waals surface area contributed by atoms with Gasteiger partial charge in [-0.3, -0.25) is 0 Å². The van der Waals surface area contributed by atoms with Crippen LogP contribution in [-0.4, -0.2) is 5.11 Å². The summed E-state index contributed by atoms with van der Waals surface area (Å²) in [6.45, 7) is 1.22. The molecular formula is C14H10BrF3O. The molecule has 5 heteroatoms. The second kappa shape index (κ2) is 4.98. The monoisotopic (exact) mass is 330 g/mol. The molecule has 0 aliphatic carbocycles. The molecule has 2 aromatic rings. The van der Waals surface area contributed by atoms with Gasteiger partial charge in [0.05, 0.1) is 10.0 Å². The highest BCUT2D eigenvalue weighted by molar-refractivity contribution is 9.10. The molecule has 2 rings (SSSR count). The maximum Gasteiger partial charge on any atom is 0.146 e. The Labute approximate surface area is 116 Å². The van der Waals surface area contributed by atoms with E-state index in [0.717, 1.165) is 12.1 Å². The van der Waals surface area contributed by atoms with Crippen LogP contribution in [0.3, 0.4) is 0 Å². The molecule has 0 fully saturated rings. The SMILES string of the molecule is CC(O)(c1cccc(F)c1)c1c(F)ccc(Br)c1F. The maximum absolute atomic E-state index is 14.0. The Morgan fingerprint density at radius 1 is 1.11 bits per heavy atom. The lowest BCUT2D eigenvalue weighted by atomic mass is 9.87. The van der Waals surface area contributed by atoms with Crippen molar-refractivity contribution in [3.05, 3.63) is 69.4 Å². The van der Waals surface area contributed by atoms with Gasteiger partial charge in [0.15, 0.2) is 0 Å². The van der Waals surface area contributed by atoms with Gasteiger partial charge in [-0.25, -0.2) is 13.2 Å². The summed E-state index contributed by atoms with van der Waals surface area (Å²) in [5.41, 5.74) is -2.42. The molecule has 0 spiro atoms. The summed E-state index contributed by atoms with van der Waals surface area (Å²) in [6.07, 6.45) is 0. The molecule has 0 radical (unpaired) electrons. The highest BCUT2D eigenvalue weighted by Crippen LogP contribution is 2.35. The van der Waals surface area contributed by atoms with E-state index in [1.807, 2.05) is 0 Å². The molecule has 1 N–H and O–H groups in total. The van der Waals surface area contributed by atoms with Crippen LogP contribution in [0.15, 0.2) is 40.9 Å². The molecule has 0 aliphatic heterocycles. The minimum atomic E-state index is -1.97. The van der Waals surface area contributed by atoms with Crippen LogP contribution in [0.1, 0.15) is 18.1 Å². The lowest BCUT2D eigenvalue weighted by Crippen LogP contribution is -2.26. The van der Waals surface area contributed by atoms with Crippen molar-refractivity contribution in [2.45, 2.75) is 12.5 Å². The van der Waals surface area contributed by atoms with Crippen molar-refractivity contribution in [3.8, 4) is 0 Å². The average molecular weight is 331 g/mol. The summed E-state index contributed by atoms with van der Waals surface area (Å²) in [5.74, 6) is -2.39. The molecule has 0 saturated carbocycles. The van der Waals surface area contributed by atoms with Crippen molar-refractivity contribution >= 4 is 15.9 Å². The number of aliphatic hydroxyl groups is 1. The Hall–Kier alpha value is -1.33. The second-order valence-electron chi connectivity index (χ2n) is 4.30. The predicted octanol–water partition coefficient (Wildman–Crippen LogP) is 4.12. The Morgan fingerprint density at radius 3 is 2.42 bits per heavy atom. The summed E-state index contributed by atoms with van der Waals surface area (Å²) in [5, 5.41) is 10.4. The van der Waals surface area contributed by atoms with Crippen molar-refractivity contribution in [3.63, 3.8) is 0 Å². The van der Waals surface area contributed by atoms with E-state index in [1.54, 1.807) is 0 Å². The van der Waals surface area contributed by atoms with Crippen LogP contribution in [0.25, 0.3) is 0 Å². The smallest absolute Gasteiger partial charge is 0.146 e. The Balaban J connectivity index is 2.66. The quantitative estimate of drug-likeness (QED) is 0.821. The van der Waals surface area contributed by atoms with Gasteiger partial charge >= 0.3 is 0 Å². The van der Waals surface area contributed by atoms with E-state index in [-0.39, 0.29) is 10.0 Å². The Morgan fingerprint density at radius 2 is 1.79 bits per heavy atom. The molecule has 1 nitrogen and oxygen atoms in total. The zero-order valence-corrected chi connectivity index (χ0v) is 11.5. The minimum absolute atomic E-state index is 0.0283. The van der Waals surface area contributed by atoms with Crippen molar-refractivity contribution in [2.75, 3.05) is 0 Å². The van der Waals surface area contributed by atoms with E-state index in [2.05, 4.69) is 15.9 Å². The summed E-state index contributed by atoms with van der Waals surface area (Å²) < 4.78 is 41.0. The molecule has 0 aromatic heterocycles. The van der Waals surface area contributed by atoms with Gasteiger partial charge in [-0.05, 0) is 52.7 Å². The van der Waals surface area contributed by atoms with Crippen molar-refractivity contribution in [1.29, 1.82) is 0 Å². The van der Waals surface area contributed by atoms with Gasteiger partial charge in [-0.2, -0.15) is 0 Å². The van der Waals surface area contributed by atoms with E-state index in [0.29, 0.717) is 0 Å². The molecule has 1 atom stereocenters. The second-order valence-corrected chi connectivity index (χ2v) is 5.16. The molecule has 100 valence electrons. The van der Waals surface area contributed by atoms with Gasteiger partial charge in [-0.15, -0.1) is 0 Å². The fourth-order valence-electron chi connectivity index (χ4n) is 1.91. The summed E-state index contributed by atoms with van der Waals surface area (Å²) in [6, 6.07) is 7.24. The van der Waals surface area contributed by atoms with E-state index < -0.39 is 28.6 Å².